The predicted octanol–water partition coefficient (Wildman–Crippen LogP) is 3.94. The summed E-state index contributed by atoms with van der Waals surface area (Å²) in [4.78, 5) is 24.3. The predicted molar refractivity (Wildman–Crippen MR) is 117 cm³/mol. The van der Waals surface area contributed by atoms with Gasteiger partial charge >= 0.3 is 5.97 Å². The van der Waals surface area contributed by atoms with Gasteiger partial charge < -0.3 is 10.1 Å². The average Bonchev–Trinajstić information content (AvgIpc) is 2.76. The number of nitrogens with one attached hydrogen (secondary N) is 1. The molecule has 172 valence electrons. The average molecular weight is 531 g/mol. The van der Waals surface area contributed by atoms with Gasteiger partial charge in [-0.2, -0.15) is 4.31 Å². The first-order chi connectivity index (χ1) is 15.1. The van der Waals surface area contributed by atoms with Crippen LogP contribution in [0.2, 0.25) is 0 Å². The molecule has 0 aliphatic carbocycles. The molecule has 0 saturated carbocycles. The summed E-state index contributed by atoms with van der Waals surface area (Å²) in [6.45, 7) is 1.98. The van der Waals surface area contributed by atoms with E-state index in [9.17, 15) is 26.8 Å². The van der Waals surface area contributed by atoms with E-state index in [2.05, 4.69) is 21.2 Å². The van der Waals surface area contributed by atoms with E-state index in [0.717, 1.165) is 28.6 Å². The minimum Gasteiger partial charge on any atom is -0.466 e. The van der Waals surface area contributed by atoms with Crippen molar-refractivity contribution in [3.63, 3.8) is 0 Å². The van der Waals surface area contributed by atoms with Crippen molar-refractivity contribution in [2.45, 2.75) is 24.7 Å². The maximum Gasteiger partial charge on any atom is 0.310 e. The number of benzene rings is 2. The maximum absolute atomic E-state index is 14.3. The number of amides is 1. The van der Waals surface area contributed by atoms with Crippen LogP contribution in [-0.2, 0) is 19.6 Å². The van der Waals surface area contributed by atoms with Gasteiger partial charge in [0.25, 0.3) is 5.91 Å². The number of carbonyl (C=O) groups is 2. The lowest BCUT2D eigenvalue weighted by atomic mass is 10.0. The Labute approximate surface area is 192 Å². The van der Waals surface area contributed by atoms with Gasteiger partial charge in [0.05, 0.1) is 28.7 Å². The van der Waals surface area contributed by atoms with Crippen molar-refractivity contribution < 1.29 is 31.5 Å². The van der Waals surface area contributed by atoms with E-state index in [4.69, 9.17) is 4.74 Å². The standard InChI is InChI=1S/C21H21BrF2N2O5S/c1-2-31-21(28)13-4-3-9-26(12-13)32(29,30)15-6-7-17(23)16(11-15)20(27)25-19-8-5-14(22)10-18(19)24/h5-8,10-11,13H,2-4,9,12H2,1H3,(H,25,27)/t13-/m0/s1. The number of halogens is 3. The normalized spacial score (nSPS) is 17.1. The van der Waals surface area contributed by atoms with Crippen LogP contribution in [-0.4, -0.2) is 44.3 Å². The molecule has 11 heteroatoms. The molecule has 1 atom stereocenters. The van der Waals surface area contributed by atoms with Gasteiger partial charge in [0.2, 0.25) is 10.0 Å². The van der Waals surface area contributed by atoms with Crippen molar-refractivity contribution in [1.82, 2.24) is 4.31 Å². The van der Waals surface area contributed by atoms with Gasteiger partial charge in [-0.1, -0.05) is 15.9 Å². The third-order valence-corrected chi connectivity index (χ3v) is 7.36. The quantitative estimate of drug-likeness (QED) is 0.571. The molecule has 1 heterocycles. The van der Waals surface area contributed by atoms with Gasteiger partial charge in [0.1, 0.15) is 11.6 Å². The molecule has 32 heavy (non-hydrogen) atoms. The molecule has 2 aromatic carbocycles. The summed E-state index contributed by atoms with van der Waals surface area (Å²) in [5.74, 6) is -3.76. The minimum absolute atomic E-state index is 0.0653. The molecule has 0 bridgehead atoms. The molecule has 0 unspecified atom stereocenters. The summed E-state index contributed by atoms with van der Waals surface area (Å²) in [6.07, 6.45) is 0.959. The number of esters is 1. The summed E-state index contributed by atoms with van der Waals surface area (Å²) in [6, 6.07) is 6.74. The summed E-state index contributed by atoms with van der Waals surface area (Å²) in [5.41, 5.74) is -0.730. The largest absolute Gasteiger partial charge is 0.466 e. The Morgan fingerprint density at radius 2 is 1.94 bits per heavy atom. The molecule has 0 spiro atoms. The van der Waals surface area contributed by atoms with Crippen LogP contribution in [0.5, 0.6) is 0 Å². The van der Waals surface area contributed by atoms with Gasteiger partial charge in [-0.3, -0.25) is 9.59 Å². The van der Waals surface area contributed by atoms with Crippen molar-refractivity contribution in [3.8, 4) is 0 Å². The van der Waals surface area contributed by atoms with Crippen LogP contribution < -0.4 is 5.32 Å². The molecule has 1 fully saturated rings. The summed E-state index contributed by atoms with van der Waals surface area (Å²) in [5, 5.41) is 2.24. The van der Waals surface area contributed by atoms with Gasteiger partial charge in [-0.05, 0) is 56.2 Å². The Balaban J connectivity index is 1.85. The number of ether oxygens (including phenoxy) is 1. The zero-order valence-corrected chi connectivity index (χ0v) is 19.5. The van der Waals surface area contributed by atoms with Crippen molar-refractivity contribution in [3.05, 3.63) is 58.1 Å². The van der Waals surface area contributed by atoms with Crippen molar-refractivity contribution in [1.29, 1.82) is 0 Å². The first-order valence-corrected chi connectivity index (χ1v) is 12.1. The first kappa shape index (κ1) is 24.3. The van der Waals surface area contributed by atoms with E-state index in [1.807, 2.05) is 0 Å². The van der Waals surface area contributed by atoms with Crippen LogP contribution in [0.25, 0.3) is 0 Å². The lowest BCUT2D eigenvalue weighted by molar-refractivity contribution is -0.149. The molecule has 0 radical (unpaired) electrons. The second-order valence-electron chi connectivity index (χ2n) is 7.17. The molecule has 1 aliphatic heterocycles. The highest BCUT2D eigenvalue weighted by Crippen LogP contribution is 2.26. The van der Waals surface area contributed by atoms with Crippen LogP contribution in [0.15, 0.2) is 45.8 Å². The molecular weight excluding hydrogens is 510 g/mol. The fourth-order valence-corrected chi connectivity index (χ4v) is 5.27. The molecule has 0 aromatic heterocycles. The molecule has 1 N–H and O–H groups in total. The van der Waals surface area contributed by atoms with Crippen LogP contribution in [0.4, 0.5) is 14.5 Å². The number of sulfonamides is 1. The molecule has 2 aromatic rings. The highest BCUT2D eigenvalue weighted by atomic mass is 79.9. The second kappa shape index (κ2) is 10.1. The Morgan fingerprint density at radius 3 is 2.62 bits per heavy atom. The number of piperidine rings is 1. The van der Waals surface area contributed by atoms with Crippen LogP contribution >= 0.6 is 15.9 Å². The van der Waals surface area contributed by atoms with Crippen LogP contribution in [0.1, 0.15) is 30.1 Å². The summed E-state index contributed by atoms with van der Waals surface area (Å²) in [7, 11) is -4.10. The summed E-state index contributed by atoms with van der Waals surface area (Å²) >= 11 is 3.10. The lowest BCUT2D eigenvalue weighted by Crippen LogP contribution is -2.42. The number of hydrogen-bond acceptors (Lipinski definition) is 5. The number of anilines is 1. The molecule has 1 aliphatic rings. The number of hydrogen-bond donors (Lipinski definition) is 1. The third-order valence-electron chi connectivity index (χ3n) is 5.00. The Bertz CT molecular complexity index is 1140. The lowest BCUT2D eigenvalue weighted by Gasteiger charge is -2.30. The van der Waals surface area contributed by atoms with Gasteiger partial charge in [0.15, 0.2) is 0 Å². The first-order valence-electron chi connectivity index (χ1n) is 9.86. The van der Waals surface area contributed by atoms with Gasteiger partial charge in [-0.15, -0.1) is 0 Å². The third kappa shape index (κ3) is 5.33. The fraction of sp³-hybridized carbons (Fsp3) is 0.333. The molecular formula is C21H21BrF2N2O5S. The highest BCUT2D eigenvalue weighted by molar-refractivity contribution is 9.10. The number of nitrogens with zero attached hydrogens (tertiary/aromatic N) is 1. The zero-order valence-electron chi connectivity index (χ0n) is 17.1. The van der Waals surface area contributed by atoms with Gasteiger partial charge in [-0.25, -0.2) is 17.2 Å². The molecule has 1 saturated heterocycles. The van der Waals surface area contributed by atoms with E-state index in [1.54, 1.807) is 6.92 Å². The van der Waals surface area contributed by atoms with Crippen LogP contribution in [0, 0.1) is 17.6 Å². The van der Waals surface area contributed by atoms with Crippen LogP contribution in [0.3, 0.4) is 0 Å². The Kier molecular flexibility index (Phi) is 7.63. The number of carbonyl (C=O) groups excluding carboxylic acids is 2. The Hall–Kier alpha value is -2.37. The Morgan fingerprint density at radius 1 is 1.19 bits per heavy atom. The zero-order chi connectivity index (χ0) is 23.5. The van der Waals surface area contributed by atoms with Gasteiger partial charge in [0, 0.05) is 17.6 Å². The molecule has 3 rings (SSSR count). The highest BCUT2D eigenvalue weighted by Gasteiger charge is 2.34. The van der Waals surface area contributed by atoms with Crippen molar-refractivity contribution >= 4 is 43.5 Å². The second-order valence-corrected chi connectivity index (χ2v) is 10.0. The van der Waals surface area contributed by atoms with E-state index < -0.39 is 45.0 Å². The summed E-state index contributed by atoms with van der Waals surface area (Å²) < 4.78 is 61.1. The topological polar surface area (TPSA) is 92.8 Å². The van der Waals surface area contributed by atoms with E-state index >= 15 is 0 Å². The van der Waals surface area contributed by atoms with E-state index in [0.29, 0.717) is 17.3 Å². The monoisotopic (exact) mass is 530 g/mol. The number of rotatable bonds is 6. The van der Waals surface area contributed by atoms with Crippen molar-refractivity contribution in [2.24, 2.45) is 5.92 Å². The molecule has 1 amide bonds. The molecule has 7 nitrogen and oxygen atoms in total. The smallest absolute Gasteiger partial charge is 0.310 e. The van der Waals surface area contributed by atoms with Crippen molar-refractivity contribution in [2.75, 3.05) is 25.0 Å². The maximum atomic E-state index is 14.3. The van der Waals surface area contributed by atoms with E-state index in [-0.39, 0.29) is 30.3 Å². The minimum atomic E-state index is -4.10. The van der Waals surface area contributed by atoms with E-state index in [1.165, 1.54) is 12.1 Å². The fourth-order valence-electron chi connectivity index (χ4n) is 3.38. The SMILES string of the molecule is CCOC(=O)[C@H]1CCCN(S(=O)(=O)c2ccc(F)c(C(=O)Nc3ccc(Br)cc3F)c2)C1.